The van der Waals surface area contributed by atoms with Crippen LogP contribution >= 0.6 is 11.5 Å². The van der Waals surface area contributed by atoms with E-state index < -0.39 is 0 Å². The average molecular weight is 258 g/mol. The second kappa shape index (κ2) is 4.23. The van der Waals surface area contributed by atoms with Gasteiger partial charge in [-0.2, -0.15) is 4.37 Å². The van der Waals surface area contributed by atoms with E-state index in [1.807, 2.05) is 25.1 Å². The molecule has 0 aliphatic heterocycles. The van der Waals surface area contributed by atoms with Crippen LogP contribution in [0.15, 0.2) is 30.6 Å². The molecule has 5 nitrogen and oxygen atoms in total. The van der Waals surface area contributed by atoms with Gasteiger partial charge in [0, 0.05) is 10.6 Å². The minimum Gasteiger partial charge on any atom is -0.345 e. The zero-order chi connectivity index (χ0) is 12.5. The summed E-state index contributed by atoms with van der Waals surface area (Å²) in [6.07, 6.45) is 1.63. The van der Waals surface area contributed by atoms with E-state index in [-0.39, 0.29) is 5.91 Å². The lowest BCUT2D eigenvalue weighted by atomic mass is 10.2. The van der Waals surface area contributed by atoms with E-state index >= 15 is 0 Å². The van der Waals surface area contributed by atoms with Gasteiger partial charge in [-0.3, -0.25) is 4.79 Å². The first-order valence-electron chi connectivity index (χ1n) is 5.40. The molecule has 3 rings (SSSR count). The van der Waals surface area contributed by atoms with Crippen molar-refractivity contribution in [2.75, 3.05) is 5.32 Å². The number of rotatable bonds is 2. The van der Waals surface area contributed by atoms with E-state index in [0.717, 1.165) is 21.6 Å². The van der Waals surface area contributed by atoms with Gasteiger partial charge in [0.2, 0.25) is 0 Å². The summed E-state index contributed by atoms with van der Waals surface area (Å²) >= 11 is 1.32. The van der Waals surface area contributed by atoms with Crippen molar-refractivity contribution in [3.8, 4) is 0 Å². The second-order valence-electron chi connectivity index (χ2n) is 3.91. The zero-order valence-electron chi connectivity index (χ0n) is 9.60. The van der Waals surface area contributed by atoms with Crippen molar-refractivity contribution in [2.24, 2.45) is 0 Å². The number of aromatic amines is 1. The molecule has 0 radical (unpaired) electrons. The van der Waals surface area contributed by atoms with E-state index in [0.29, 0.717) is 5.69 Å². The van der Waals surface area contributed by atoms with Gasteiger partial charge >= 0.3 is 0 Å². The molecule has 0 aliphatic rings. The number of anilines is 1. The van der Waals surface area contributed by atoms with Crippen molar-refractivity contribution < 1.29 is 4.79 Å². The third-order valence-corrected chi connectivity index (χ3v) is 3.23. The van der Waals surface area contributed by atoms with Crippen LogP contribution in [-0.4, -0.2) is 20.2 Å². The Morgan fingerprint density at radius 3 is 3.06 bits per heavy atom. The maximum Gasteiger partial charge on any atom is 0.275 e. The van der Waals surface area contributed by atoms with Gasteiger partial charge in [0.1, 0.15) is 5.69 Å². The van der Waals surface area contributed by atoms with Crippen LogP contribution < -0.4 is 5.32 Å². The quantitative estimate of drug-likeness (QED) is 0.742. The van der Waals surface area contributed by atoms with Gasteiger partial charge in [0.05, 0.1) is 17.4 Å². The van der Waals surface area contributed by atoms with Gasteiger partial charge in [-0.05, 0) is 42.7 Å². The maximum atomic E-state index is 11.9. The molecule has 0 saturated carbocycles. The smallest absolute Gasteiger partial charge is 0.275 e. The fourth-order valence-corrected chi connectivity index (χ4v) is 2.22. The van der Waals surface area contributed by atoms with E-state index in [9.17, 15) is 4.79 Å². The molecule has 1 aromatic carbocycles. The molecule has 0 unspecified atom stereocenters. The van der Waals surface area contributed by atoms with Crippen molar-refractivity contribution in [3.05, 3.63) is 41.2 Å². The van der Waals surface area contributed by atoms with Crippen LogP contribution in [0.25, 0.3) is 11.0 Å². The number of aryl methyl sites for hydroxylation is 1. The molecular formula is C12H10N4OS. The highest BCUT2D eigenvalue weighted by molar-refractivity contribution is 7.05. The lowest BCUT2D eigenvalue weighted by Crippen LogP contribution is -2.11. The molecule has 3 aromatic rings. The van der Waals surface area contributed by atoms with Gasteiger partial charge in [0.15, 0.2) is 0 Å². The van der Waals surface area contributed by atoms with E-state index in [1.54, 1.807) is 12.4 Å². The first-order valence-corrected chi connectivity index (χ1v) is 6.17. The largest absolute Gasteiger partial charge is 0.345 e. The molecule has 0 saturated heterocycles. The molecule has 0 spiro atoms. The summed E-state index contributed by atoms with van der Waals surface area (Å²) in [6.45, 7) is 1.92. The fourth-order valence-electron chi connectivity index (χ4n) is 1.68. The Labute approximate surface area is 107 Å². The highest BCUT2D eigenvalue weighted by atomic mass is 32.1. The average Bonchev–Trinajstić information content (AvgIpc) is 2.96. The van der Waals surface area contributed by atoms with Gasteiger partial charge in [-0.25, -0.2) is 4.98 Å². The summed E-state index contributed by atoms with van der Waals surface area (Å²) in [5.41, 5.74) is 2.93. The molecule has 2 N–H and O–H groups in total. The predicted octanol–water partition coefficient (Wildman–Crippen LogP) is 2.58. The summed E-state index contributed by atoms with van der Waals surface area (Å²) in [4.78, 5) is 20.0. The topological polar surface area (TPSA) is 70.7 Å². The van der Waals surface area contributed by atoms with Crippen molar-refractivity contribution >= 4 is 34.2 Å². The summed E-state index contributed by atoms with van der Waals surface area (Å²) in [5, 5.41) is 2.81. The Hall–Kier alpha value is -2.21. The Morgan fingerprint density at radius 1 is 1.39 bits per heavy atom. The minimum atomic E-state index is -0.196. The molecule has 0 aliphatic carbocycles. The Bertz CT molecular complexity index is 716. The Kier molecular flexibility index (Phi) is 2.56. The lowest BCUT2D eigenvalue weighted by molar-refractivity contribution is 0.102. The van der Waals surface area contributed by atoms with Crippen LogP contribution in [0, 0.1) is 6.92 Å². The second-order valence-corrected chi connectivity index (χ2v) is 4.92. The number of fused-ring (bicyclic) bond motifs is 1. The van der Waals surface area contributed by atoms with Gasteiger partial charge in [0.25, 0.3) is 5.91 Å². The summed E-state index contributed by atoms with van der Waals surface area (Å²) < 4.78 is 4.07. The Balaban J connectivity index is 1.85. The normalized spacial score (nSPS) is 10.7. The predicted molar refractivity (Wildman–Crippen MR) is 70.9 cm³/mol. The van der Waals surface area contributed by atoms with Crippen LogP contribution in [0.3, 0.4) is 0 Å². The number of H-pyrrole nitrogens is 1. The van der Waals surface area contributed by atoms with Crippen LogP contribution in [0.2, 0.25) is 0 Å². The first-order chi connectivity index (χ1) is 8.72. The monoisotopic (exact) mass is 258 g/mol. The van der Waals surface area contributed by atoms with Crippen molar-refractivity contribution in [3.63, 3.8) is 0 Å². The first kappa shape index (κ1) is 10.9. The molecule has 18 heavy (non-hydrogen) atoms. The van der Waals surface area contributed by atoms with E-state index in [2.05, 4.69) is 19.7 Å². The number of nitrogens with one attached hydrogen (secondary N) is 2. The van der Waals surface area contributed by atoms with Crippen molar-refractivity contribution in [1.29, 1.82) is 0 Å². The van der Waals surface area contributed by atoms with Crippen molar-refractivity contribution in [1.82, 2.24) is 14.3 Å². The molecule has 6 heteroatoms. The lowest BCUT2D eigenvalue weighted by Gasteiger charge is -2.02. The third kappa shape index (κ3) is 1.98. The minimum absolute atomic E-state index is 0.196. The third-order valence-electron chi connectivity index (χ3n) is 2.54. The molecule has 1 amide bonds. The molecule has 2 heterocycles. The van der Waals surface area contributed by atoms with Crippen molar-refractivity contribution in [2.45, 2.75) is 6.92 Å². The van der Waals surface area contributed by atoms with Gasteiger partial charge in [-0.15, -0.1) is 0 Å². The molecule has 0 bridgehead atoms. The van der Waals surface area contributed by atoms with E-state index in [1.165, 1.54) is 11.5 Å². The van der Waals surface area contributed by atoms with E-state index in [4.69, 9.17) is 0 Å². The number of hydrogen-bond acceptors (Lipinski definition) is 4. The number of hydrogen-bond donors (Lipinski definition) is 2. The maximum absolute atomic E-state index is 11.9. The molecular weight excluding hydrogens is 248 g/mol. The number of nitrogens with zero attached hydrogens (tertiary/aromatic N) is 2. The molecule has 90 valence electrons. The highest BCUT2D eigenvalue weighted by Gasteiger charge is 2.10. The van der Waals surface area contributed by atoms with Gasteiger partial charge < -0.3 is 10.3 Å². The Morgan fingerprint density at radius 2 is 2.28 bits per heavy atom. The number of aromatic nitrogens is 3. The van der Waals surface area contributed by atoms with Crippen LogP contribution in [-0.2, 0) is 0 Å². The number of carbonyl (C=O) groups excluding carboxylic acids is 1. The molecule has 2 aromatic heterocycles. The summed E-state index contributed by atoms with van der Waals surface area (Å²) in [6, 6.07) is 7.29. The van der Waals surface area contributed by atoms with Crippen LogP contribution in [0.4, 0.5) is 5.69 Å². The number of imidazole rings is 1. The van der Waals surface area contributed by atoms with Gasteiger partial charge in [-0.1, -0.05) is 0 Å². The molecule has 0 fully saturated rings. The standard InChI is InChI=1S/C12H10N4OS/c1-7-4-11(16-18-7)12(17)15-8-2-3-9-10(5-8)14-6-13-9/h2-6H,1H3,(H,13,14)(H,15,17). The number of benzene rings is 1. The fraction of sp³-hybridized carbons (Fsp3) is 0.0833. The van der Waals surface area contributed by atoms with Crippen LogP contribution in [0.1, 0.15) is 15.4 Å². The molecule has 0 atom stereocenters. The highest BCUT2D eigenvalue weighted by Crippen LogP contribution is 2.17. The van der Waals surface area contributed by atoms with Crippen LogP contribution in [0.5, 0.6) is 0 Å². The summed E-state index contributed by atoms with van der Waals surface area (Å²) in [5.74, 6) is -0.196. The number of amides is 1. The number of carbonyl (C=O) groups is 1. The summed E-state index contributed by atoms with van der Waals surface area (Å²) in [7, 11) is 0. The SMILES string of the molecule is Cc1cc(C(=O)Nc2ccc3nc[nH]c3c2)ns1. The zero-order valence-corrected chi connectivity index (χ0v) is 10.4.